The number of carbonyl (C=O) groups excluding carboxylic acids is 1. The molecule has 0 aliphatic rings. The molecule has 1 amide bonds. The normalized spacial score (nSPS) is 12.1. The van der Waals surface area contributed by atoms with Crippen LogP contribution in [0.3, 0.4) is 0 Å². The van der Waals surface area contributed by atoms with E-state index in [9.17, 15) is 13.2 Å². The maximum Gasteiger partial charge on any atom is 0.257 e. The highest BCUT2D eigenvalue weighted by atomic mass is 35.5. The lowest BCUT2D eigenvalue weighted by atomic mass is 10.2. The molecule has 0 saturated carbocycles. The molecule has 0 fully saturated rings. The van der Waals surface area contributed by atoms with Crippen molar-refractivity contribution in [1.29, 1.82) is 0 Å². The average molecular weight is 461 g/mol. The monoisotopic (exact) mass is 460 g/mol. The molecule has 3 rings (SSSR count). The minimum Gasteiger partial charge on any atom is -0.497 e. The summed E-state index contributed by atoms with van der Waals surface area (Å²) < 4.78 is 37.1. The number of halogens is 1. The maximum atomic E-state index is 13.3. The minimum atomic E-state index is -3.81. The highest BCUT2D eigenvalue weighted by Crippen LogP contribution is 2.29. The zero-order chi connectivity index (χ0) is 22.3. The van der Waals surface area contributed by atoms with Crippen LogP contribution in [-0.4, -0.2) is 39.6 Å². The molecule has 3 aromatic rings. The number of methoxy groups -OCH3 is 1. The number of nitrogens with one attached hydrogen (secondary N) is 1. The summed E-state index contributed by atoms with van der Waals surface area (Å²) in [7, 11) is -2.31. The molecular weight excluding hydrogens is 440 g/mol. The van der Waals surface area contributed by atoms with E-state index in [1.54, 1.807) is 54.7 Å². The predicted octanol–water partition coefficient (Wildman–Crippen LogP) is 3.45. The molecule has 0 aliphatic carbocycles. The van der Waals surface area contributed by atoms with Crippen LogP contribution in [-0.2, 0) is 14.6 Å². The van der Waals surface area contributed by atoms with E-state index in [4.69, 9.17) is 21.1 Å². The molecule has 162 valence electrons. The van der Waals surface area contributed by atoms with Crippen LogP contribution in [0, 0.1) is 0 Å². The van der Waals surface area contributed by atoms with Crippen molar-refractivity contribution < 1.29 is 22.7 Å². The highest BCUT2D eigenvalue weighted by molar-refractivity contribution is 7.91. The van der Waals surface area contributed by atoms with Crippen molar-refractivity contribution in [3.63, 3.8) is 0 Å². The van der Waals surface area contributed by atoms with Gasteiger partial charge in [0, 0.05) is 24.0 Å². The van der Waals surface area contributed by atoms with Gasteiger partial charge < -0.3 is 14.8 Å². The van der Waals surface area contributed by atoms with Crippen LogP contribution < -0.4 is 14.8 Å². The summed E-state index contributed by atoms with van der Waals surface area (Å²) in [5, 5.41) is 2.18. The minimum absolute atomic E-state index is 0.119. The molecular formula is C22H21ClN2O5S. The van der Waals surface area contributed by atoms with Gasteiger partial charge in [-0.25, -0.2) is 8.42 Å². The Morgan fingerprint density at radius 1 is 1.06 bits per heavy atom. The molecule has 1 N–H and O–H groups in total. The van der Waals surface area contributed by atoms with Gasteiger partial charge >= 0.3 is 0 Å². The second-order valence-corrected chi connectivity index (χ2v) is 9.11. The summed E-state index contributed by atoms with van der Waals surface area (Å²) in [6, 6.07) is 16.0. The molecule has 0 bridgehead atoms. The van der Waals surface area contributed by atoms with Gasteiger partial charge in [0.05, 0.1) is 12.0 Å². The zero-order valence-electron chi connectivity index (χ0n) is 16.7. The number of hydrogen-bond donors (Lipinski definition) is 1. The van der Waals surface area contributed by atoms with Gasteiger partial charge in [0.25, 0.3) is 5.91 Å². The smallest absolute Gasteiger partial charge is 0.257 e. The van der Waals surface area contributed by atoms with E-state index in [2.05, 4.69) is 10.3 Å². The summed E-state index contributed by atoms with van der Waals surface area (Å²) in [6.07, 6.45) is 3.03. The standard InChI is InChI=1S/C22H21ClN2O5S/c1-29-18-8-10-20(11-9-18)31(27,28)21(16-3-2-12-24-13-16)14-25-22(26)15-30-19-6-4-17(23)5-7-19/h2-13,21H,14-15H2,1H3,(H,25,26)/t21-/m1/s1. The first-order chi connectivity index (χ1) is 14.9. The van der Waals surface area contributed by atoms with Crippen molar-refractivity contribution >= 4 is 27.3 Å². The first-order valence-electron chi connectivity index (χ1n) is 9.33. The average Bonchev–Trinajstić information content (AvgIpc) is 2.79. The summed E-state index contributed by atoms with van der Waals surface area (Å²) in [5.74, 6) is 0.576. The van der Waals surface area contributed by atoms with E-state index in [0.717, 1.165) is 0 Å². The molecule has 2 aromatic carbocycles. The van der Waals surface area contributed by atoms with Gasteiger partial charge in [0.1, 0.15) is 16.7 Å². The third-order valence-electron chi connectivity index (χ3n) is 4.49. The second-order valence-electron chi connectivity index (χ2n) is 6.54. The van der Waals surface area contributed by atoms with Crippen LogP contribution in [0.1, 0.15) is 10.8 Å². The number of sulfone groups is 1. The number of rotatable bonds is 9. The zero-order valence-corrected chi connectivity index (χ0v) is 18.3. The van der Waals surface area contributed by atoms with Crippen LogP contribution in [0.5, 0.6) is 11.5 Å². The number of carbonyl (C=O) groups is 1. The number of amides is 1. The maximum absolute atomic E-state index is 13.3. The van der Waals surface area contributed by atoms with E-state index in [1.165, 1.54) is 25.4 Å². The molecule has 0 aliphatic heterocycles. The largest absolute Gasteiger partial charge is 0.497 e. The number of aromatic nitrogens is 1. The van der Waals surface area contributed by atoms with Gasteiger partial charge in [-0.15, -0.1) is 0 Å². The molecule has 0 spiro atoms. The van der Waals surface area contributed by atoms with E-state index >= 15 is 0 Å². The Morgan fingerprint density at radius 2 is 1.74 bits per heavy atom. The summed E-state index contributed by atoms with van der Waals surface area (Å²) in [4.78, 5) is 16.4. The van der Waals surface area contributed by atoms with E-state index in [0.29, 0.717) is 22.1 Å². The van der Waals surface area contributed by atoms with Gasteiger partial charge in [-0.05, 0) is 60.2 Å². The van der Waals surface area contributed by atoms with Crippen LogP contribution in [0.4, 0.5) is 0 Å². The highest BCUT2D eigenvalue weighted by Gasteiger charge is 2.30. The third-order valence-corrected chi connectivity index (χ3v) is 6.86. The summed E-state index contributed by atoms with van der Waals surface area (Å²) in [5.41, 5.74) is 0.470. The molecule has 1 aromatic heterocycles. The van der Waals surface area contributed by atoms with E-state index in [1.807, 2.05) is 0 Å². The Kier molecular flexibility index (Phi) is 7.49. The van der Waals surface area contributed by atoms with Crippen LogP contribution >= 0.6 is 11.6 Å². The number of nitrogens with zero attached hydrogens (tertiary/aromatic N) is 1. The van der Waals surface area contributed by atoms with Crippen molar-refractivity contribution in [2.75, 3.05) is 20.3 Å². The second kappa shape index (κ2) is 10.3. The van der Waals surface area contributed by atoms with Gasteiger partial charge in [-0.2, -0.15) is 0 Å². The lowest BCUT2D eigenvalue weighted by Gasteiger charge is -2.19. The SMILES string of the molecule is COc1ccc(S(=O)(=O)[C@H](CNC(=O)COc2ccc(Cl)cc2)c2cccnc2)cc1. The fraction of sp³-hybridized carbons (Fsp3) is 0.182. The van der Waals surface area contributed by atoms with Crippen molar-refractivity contribution in [2.45, 2.75) is 10.1 Å². The van der Waals surface area contributed by atoms with Gasteiger partial charge in [-0.1, -0.05) is 17.7 Å². The third kappa shape index (κ3) is 5.96. The van der Waals surface area contributed by atoms with E-state index < -0.39 is 21.0 Å². The first kappa shape index (κ1) is 22.6. The Morgan fingerprint density at radius 3 is 2.35 bits per heavy atom. The van der Waals surface area contributed by atoms with Crippen LogP contribution in [0.2, 0.25) is 5.02 Å². The van der Waals surface area contributed by atoms with Gasteiger partial charge in [0.15, 0.2) is 16.4 Å². The van der Waals surface area contributed by atoms with Gasteiger partial charge in [0.2, 0.25) is 0 Å². The Labute approximate surface area is 185 Å². The quantitative estimate of drug-likeness (QED) is 0.525. The van der Waals surface area contributed by atoms with Gasteiger partial charge in [-0.3, -0.25) is 9.78 Å². The molecule has 1 atom stereocenters. The number of hydrogen-bond acceptors (Lipinski definition) is 6. The number of pyridine rings is 1. The Bertz CT molecular complexity index is 1100. The van der Waals surface area contributed by atoms with Crippen LogP contribution in [0.15, 0.2) is 78.0 Å². The van der Waals surface area contributed by atoms with E-state index in [-0.39, 0.29) is 18.0 Å². The fourth-order valence-corrected chi connectivity index (χ4v) is 4.61. The van der Waals surface area contributed by atoms with Crippen molar-refractivity contribution in [3.05, 3.63) is 83.6 Å². The lowest BCUT2D eigenvalue weighted by molar-refractivity contribution is -0.123. The number of ether oxygens (including phenoxy) is 2. The fourth-order valence-electron chi connectivity index (χ4n) is 2.84. The molecule has 0 unspecified atom stereocenters. The van der Waals surface area contributed by atoms with Crippen LogP contribution in [0.25, 0.3) is 0 Å². The first-order valence-corrected chi connectivity index (χ1v) is 11.3. The molecule has 0 radical (unpaired) electrons. The topological polar surface area (TPSA) is 94.6 Å². The molecule has 0 saturated heterocycles. The van der Waals surface area contributed by atoms with Crippen molar-refractivity contribution in [3.8, 4) is 11.5 Å². The molecule has 31 heavy (non-hydrogen) atoms. The molecule has 1 heterocycles. The molecule has 7 nitrogen and oxygen atoms in total. The summed E-state index contributed by atoms with van der Waals surface area (Å²) in [6.45, 7) is -0.396. The van der Waals surface area contributed by atoms with Crippen molar-refractivity contribution in [1.82, 2.24) is 10.3 Å². The van der Waals surface area contributed by atoms with Crippen molar-refractivity contribution in [2.24, 2.45) is 0 Å². The Hall–Kier alpha value is -3.10. The Balaban J connectivity index is 1.73. The number of benzene rings is 2. The lowest BCUT2D eigenvalue weighted by Crippen LogP contribution is -2.35. The summed E-state index contributed by atoms with van der Waals surface area (Å²) >= 11 is 5.82. The molecule has 9 heteroatoms. The predicted molar refractivity (Wildman–Crippen MR) is 117 cm³/mol.